The van der Waals surface area contributed by atoms with Gasteiger partial charge in [0.1, 0.15) is 0 Å². The Morgan fingerprint density at radius 3 is 2.17 bits per heavy atom. The molecule has 0 saturated carbocycles. The lowest BCUT2D eigenvalue weighted by molar-refractivity contribution is -0.116. The number of anilines is 1. The van der Waals surface area contributed by atoms with E-state index in [4.69, 9.17) is 23.2 Å². The number of sulfonamides is 1. The number of amides is 1. The van der Waals surface area contributed by atoms with Gasteiger partial charge in [0.05, 0.1) is 22.2 Å². The molecule has 3 rings (SSSR count). The smallest absolute Gasteiger partial charge is 0.243 e. The van der Waals surface area contributed by atoms with E-state index in [1.807, 2.05) is 30.3 Å². The molecule has 30 heavy (non-hydrogen) atoms. The average molecular weight is 463 g/mol. The van der Waals surface area contributed by atoms with E-state index in [2.05, 4.69) is 5.32 Å². The molecule has 0 aliphatic carbocycles. The molecule has 1 amide bonds. The van der Waals surface area contributed by atoms with Crippen LogP contribution < -0.4 is 5.32 Å². The van der Waals surface area contributed by atoms with Crippen molar-refractivity contribution in [2.75, 3.05) is 18.4 Å². The highest BCUT2D eigenvalue weighted by atomic mass is 35.5. The Morgan fingerprint density at radius 1 is 0.900 bits per heavy atom. The molecule has 0 unspecified atom stereocenters. The van der Waals surface area contributed by atoms with Crippen molar-refractivity contribution in [1.29, 1.82) is 0 Å². The first-order valence-corrected chi connectivity index (χ1v) is 11.4. The monoisotopic (exact) mass is 462 g/mol. The third-order valence-electron chi connectivity index (χ3n) is 4.40. The number of carbonyl (C=O) groups excluding carboxylic acids is 1. The maximum absolute atomic E-state index is 13.2. The second-order valence-electron chi connectivity index (χ2n) is 6.56. The number of hydrogen-bond donors (Lipinski definition) is 1. The Labute approximate surface area is 186 Å². The molecule has 0 heterocycles. The van der Waals surface area contributed by atoms with Gasteiger partial charge in [0.15, 0.2) is 0 Å². The minimum atomic E-state index is -3.86. The second-order valence-corrected chi connectivity index (χ2v) is 9.34. The Bertz CT molecular complexity index is 1110. The Morgan fingerprint density at radius 2 is 1.53 bits per heavy atom. The lowest BCUT2D eigenvalue weighted by Gasteiger charge is -2.22. The van der Waals surface area contributed by atoms with E-state index in [0.717, 1.165) is 5.56 Å². The molecule has 8 heteroatoms. The van der Waals surface area contributed by atoms with Gasteiger partial charge in [-0.2, -0.15) is 4.31 Å². The summed E-state index contributed by atoms with van der Waals surface area (Å²) in [7, 11) is -3.86. The fourth-order valence-corrected chi connectivity index (χ4v) is 4.74. The minimum Gasteiger partial charge on any atom is -0.324 e. The van der Waals surface area contributed by atoms with E-state index in [9.17, 15) is 13.2 Å². The van der Waals surface area contributed by atoms with Crippen LogP contribution >= 0.6 is 23.2 Å². The molecule has 0 spiro atoms. The number of carbonyl (C=O) groups is 1. The topological polar surface area (TPSA) is 66.5 Å². The maximum Gasteiger partial charge on any atom is 0.243 e. The lowest BCUT2D eigenvalue weighted by Crippen LogP contribution is -2.39. The van der Waals surface area contributed by atoms with E-state index < -0.39 is 15.9 Å². The summed E-state index contributed by atoms with van der Waals surface area (Å²) in [6.07, 6.45) is 0.474. The summed E-state index contributed by atoms with van der Waals surface area (Å²) in [4.78, 5) is 12.8. The predicted molar refractivity (Wildman–Crippen MR) is 120 cm³/mol. The molecule has 0 saturated heterocycles. The molecule has 0 radical (unpaired) electrons. The molecule has 3 aromatic carbocycles. The molecule has 1 N–H and O–H groups in total. The quantitative estimate of drug-likeness (QED) is 0.519. The molecular weight excluding hydrogens is 443 g/mol. The van der Waals surface area contributed by atoms with Crippen molar-refractivity contribution in [3.8, 4) is 0 Å². The van der Waals surface area contributed by atoms with Crippen molar-refractivity contribution >= 4 is 44.8 Å². The normalized spacial score (nSPS) is 11.4. The molecule has 3 aromatic rings. The van der Waals surface area contributed by atoms with Crippen molar-refractivity contribution in [2.24, 2.45) is 0 Å². The standard InChI is InChI=1S/C22H20Cl2N2O3S/c23-18-11-12-21(20(24)15-18)25-22(27)16-26(14-13-17-7-3-1-4-8-17)30(28,29)19-9-5-2-6-10-19/h1-12,15H,13-14,16H2,(H,25,27). The summed E-state index contributed by atoms with van der Waals surface area (Å²) >= 11 is 12.0. The van der Waals surface area contributed by atoms with Crippen molar-refractivity contribution in [3.63, 3.8) is 0 Å². The largest absolute Gasteiger partial charge is 0.324 e. The zero-order valence-corrected chi connectivity index (χ0v) is 18.3. The van der Waals surface area contributed by atoms with E-state index in [1.165, 1.54) is 22.5 Å². The van der Waals surface area contributed by atoms with Crippen LogP contribution in [-0.2, 0) is 21.2 Å². The van der Waals surface area contributed by atoms with E-state index in [1.54, 1.807) is 30.3 Å². The SMILES string of the molecule is O=C(CN(CCc1ccccc1)S(=O)(=O)c1ccccc1)Nc1ccc(Cl)cc1Cl. The minimum absolute atomic E-state index is 0.135. The highest BCUT2D eigenvalue weighted by Crippen LogP contribution is 2.25. The van der Waals surface area contributed by atoms with Gasteiger partial charge >= 0.3 is 0 Å². The van der Waals surface area contributed by atoms with Crippen LogP contribution in [0.4, 0.5) is 5.69 Å². The van der Waals surface area contributed by atoms with Crippen molar-refractivity contribution < 1.29 is 13.2 Å². The summed E-state index contributed by atoms with van der Waals surface area (Å²) < 4.78 is 27.5. The first-order valence-electron chi connectivity index (χ1n) is 9.20. The van der Waals surface area contributed by atoms with Crippen LogP contribution in [0.2, 0.25) is 10.0 Å². The van der Waals surface area contributed by atoms with Crippen LogP contribution in [0.25, 0.3) is 0 Å². The number of nitrogens with one attached hydrogen (secondary N) is 1. The lowest BCUT2D eigenvalue weighted by atomic mass is 10.1. The highest BCUT2D eigenvalue weighted by Gasteiger charge is 2.26. The number of halogens is 2. The van der Waals surface area contributed by atoms with Crippen molar-refractivity contribution in [3.05, 3.63) is 94.5 Å². The van der Waals surface area contributed by atoms with Gasteiger partial charge in [-0.3, -0.25) is 4.79 Å². The van der Waals surface area contributed by atoms with Crippen LogP contribution in [0.3, 0.4) is 0 Å². The zero-order valence-electron chi connectivity index (χ0n) is 16.0. The fourth-order valence-electron chi connectivity index (χ4n) is 2.86. The first-order chi connectivity index (χ1) is 14.4. The van der Waals surface area contributed by atoms with Gasteiger partial charge in [0.2, 0.25) is 15.9 Å². The molecule has 156 valence electrons. The number of rotatable bonds is 8. The third-order valence-corrected chi connectivity index (χ3v) is 6.81. The van der Waals surface area contributed by atoms with Gasteiger partial charge in [-0.05, 0) is 42.3 Å². The predicted octanol–water partition coefficient (Wildman–Crippen LogP) is 4.87. The van der Waals surface area contributed by atoms with Crippen LogP contribution in [0.5, 0.6) is 0 Å². The van der Waals surface area contributed by atoms with Gasteiger partial charge in [0.25, 0.3) is 0 Å². The molecular formula is C22H20Cl2N2O3S. The first kappa shape index (κ1) is 22.3. The number of nitrogens with zero attached hydrogens (tertiary/aromatic N) is 1. The van der Waals surface area contributed by atoms with Crippen LogP contribution in [0.1, 0.15) is 5.56 Å². The Hall–Kier alpha value is -2.38. The van der Waals surface area contributed by atoms with Crippen molar-refractivity contribution in [1.82, 2.24) is 4.31 Å². The molecule has 5 nitrogen and oxygen atoms in total. The van der Waals surface area contributed by atoms with E-state index in [-0.39, 0.29) is 23.0 Å². The van der Waals surface area contributed by atoms with E-state index >= 15 is 0 Å². The van der Waals surface area contributed by atoms with Gasteiger partial charge in [-0.25, -0.2) is 8.42 Å². The second kappa shape index (κ2) is 10.1. The van der Waals surface area contributed by atoms with Crippen LogP contribution in [0.15, 0.2) is 83.8 Å². The number of hydrogen-bond acceptors (Lipinski definition) is 3. The molecule has 0 aliphatic rings. The van der Waals surface area contributed by atoms with Crippen LogP contribution in [-0.4, -0.2) is 31.7 Å². The summed E-state index contributed by atoms with van der Waals surface area (Å²) in [5.41, 5.74) is 1.35. The highest BCUT2D eigenvalue weighted by molar-refractivity contribution is 7.89. The van der Waals surface area contributed by atoms with Gasteiger partial charge in [-0.15, -0.1) is 0 Å². The van der Waals surface area contributed by atoms with Gasteiger partial charge < -0.3 is 5.32 Å². The Balaban J connectivity index is 1.80. The Kier molecular flexibility index (Phi) is 7.50. The molecule has 0 bridgehead atoms. The average Bonchev–Trinajstić information content (AvgIpc) is 2.74. The summed E-state index contributed by atoms with van der Waals surface area (Å²) in [5, 5.41) is 3.37. The number of benzene rings is 3. The summed E-state index contributed by atoms with van der Waals surface area (Å²) in [6.45, 7) is -0.188. The maximum atomic E-state index is 13.2. The van der Waals surface area contributed by atoms with Crippen LogP contribution in [0, 0.1) is 0 Å². The van der Waals surface area contributed by atoms with Gasteiger partial charge in [-0.1, -0.05) is 71.7 Å². The molecule has 0 atom stereocenters. The zero-order chi connectivity index (χ0) is 21.6. The molecule has 0 aliphatic heterocycles. The summed E-state index contributed by atoms with van der Waals surface area (Å²) in [6, 6.07) is 22.2. The van der Waals surface area contributed by atoms with E-state index in [0.29, 0.717) is 17.1 Å². The molecule has 0 fully saturated rings. The van der Waals surface area contributed by atoms with Crippen molar-refractivity contribution in [2.45, 2.75) is 11.3 Å². The van der Waals surface area contributed by atoms with Gasteiger partial charge in [0, 0.05) is 11.6 Å². The third kappa shape index (κ3) is 5.83. The fraction of sp³-hybridized carbons (Fsp3) is 0.136. The summed E-state index contributed by atoms with van der Waals surface area (Å²) in [5.74, 6) is -0.494. The molecule has 0 aromatic heterocycles.